The van der Waals surface area contributed by atoms with Crippen molar-refractivity contribution in [3.63, 3.8) is 0 Å². The Hall–Kier alpha value is -1.55. The summed E-state index contributed by atoms with van der Waals surface area (Å²) in [4.78, 5) is 11.4. The van der Waals surface area contributed by atoms with Gasteiger partial charge in [0.25, 0.3) is 0 Å². The van der Waals surface area contributed by atoms with Crippen LogP contribution < -0.4 is 10.6 Å². The van der Waals surface area contributed by atoms with Crippen LogP contribution in [0.25, 0.3) is 10.1 Å². The number of carbonyl (C=O) groups is 1. The summed E-state index contributed by atoms with van der Waals surface area (Å²) < 4.78 is 1.27. The van der Waals surface area contributed by atoms with E-state index in [1.54, 1.807) is 11.3 Å². The van der Waals surface area contributed by atoms with Crippen molar-refractivity contribution in [3.05, 3.63) is 29.6 Å². The van der Waals surface area contributed by atoms with Gasteiger partial charge in [-0.15, -0.1) is 11.3 Å². The van der Waals surface area contributed by atoms with E-state index in [9.17, 15) is 4.79 Å². The molecule has 4 heteroatoms. The largest absolute Gasteiger partial charge is 0.376 e. The molecule has 0 aliphatic carbocycles. The number of benzene rings is 1. The molecule has 3 nitrogen and oxygen atoms in total. The minimum atomic E-state index is 0.0391. The second-order valence-corrected chi connectivity index (χ2v) is 4.82. The van der Waals surface area contributed by atoms with E-state index in [-0.39, 0.29) is 5.91 Å². The molecule has 2 aromatic rings. The quantitative estimate of drug-likeness (QED) is 0.854. The summed E-state index contributed by atoms with van der Waals surface area (Å²) >= 11 is 1.72. The van der Waals surface area contributed by atoms with E-state index in [1.165, 1.54) is 10.1 Å². The predicted molar refractivity (Wildman–Crippen MR) is 73.6 cm³/mol. The van der Waals surface area contributed by atoms with Crippen LogP contribution in [0.4, 0.5) is 5.69 Å². The van der Waals surface area contributed by atoms with Crippen LogP contribution in [0.3, 0.4) is 0 Å². The van der Waals surface area contributed by atoms with E-state index >= 15 is 0 Å². The van der Waals surface area contributed by atoms with Gasteiger partial charge in [-0.05, 0) is 41.5 Å². The second-order valence-electron chi connectivity index (χ2n) is 3.88. The van der Waals surface area contributed by atoms with Crippen LogP contribution in [0.15, 0.2) is 29.6 Å². The Bertz CT molecular complexity index is 507. The Morgan fingerprint density at radius 1 is 1.35 bits per heavy atom. The normalized spacial score (nSPS) is 10.4. The minimum absolute atomic E-state index is 0.0391. The highest BCUT2D eigenvalue weighted by molar-refractivity contribution is 7.17. The van der Waals surface area contributed by atoms with Crippen molar-refractivity contribution in [2.45, 2.75) is 13.3 Å². The standard InChI is InChI=1S/C13H16N2OS/c1-2-6-14-13(16)9-15-11-3-4-12-10(8-11)5-7-17-12/h3-5,7-8,15H,2,6,9H2,1H3,(H,14,16). The van der Waals surface area contributed by atoms with Crippen LogP contribution in [-0.2, 0) is 4.79 Å². The maximum Gasteiger partial charge on any atom is 0.239 e. The van der Waals surface area contributed by atoms with Gasteiger partial charge in [-0.1, -0.05) is 6.92 Å². The molecular weight excluding hydrogens is 232 g/mol. The molecule has 2 N–H and O–H groups in total. The molecule has 0 radical (unpaired) electrons. The lowest BCUT2D eigenvalue weighted by Gasteiger charge is -2.07. The fourth-order valence-corrected chi connectivity index (χ4v) is 2.36. The van der Waals surface area contributed by atoms with E-state index < -0.39 is 0 Å². The third-order valence-electron chi connectivity index (χ3n) is 2.48. The molecule has 0 unspecified atom stereocenters. The van der Waals surface area contributed by atoms with Crippen molar-refractivity contribution in [2.75, 3.05) is 18.4 Å². The van der Waals surface area contributed by atoms with E-state index in [1.807, 2.05) is 13.0 Å². The smallest absolute Gasteiger partial charge is 0.239 e. The molecule has 2 rings (SSSR count). The number of thiophene rings is 1. The fraction of sp³-hybridized carbons (Fsp3) is 0.308. The number of hydrogen-bond donors (Lipinski definition) is 2. The number of hydrogen-bond acceptors (Lipinski definition) is 3. The third kappa shape index (κ3) is 3.20. The lowest BCUT2D eigenvalue weighted by molar-refractivity contribution is -0.119. The topological polar surface area (TPSA) is 41.1 Å². The van der Waals surface area contributed by atoms with Gasteiger partial charge in [0.15, 0.2) is 0 Å². The van der Waals surface area contributed by atoms with Crippen LogP contribution in [0.1, 0.15) is 13.3 Å². The predicted octanol–water partition coefficient (Wildman–Crippen LogP) is 2.84. The van der Waals surface area contributed by atoms with Gasteiger partial charge >= 0.3 is 0 Å². The van der Waals surface area contributed by atoms with Crippen molar-refractivity contribution in [3.8, 4) is 0 Å². The van der Waals surface area contributed by atoms with Gasteiger partial charge in [-0.2, -0.15) is 0 Å². The summed E-state index contributed by atoms with van der Waals surface area (Å²) in [5, 5.41) is 9.25. The Morgan fingerprint density at radius 2 is 2.24 bits per heavy atom. The fourth-order valence-electron chi connectivity index (χ4n) is 1.59. The molecule has 0 spiro atoms. The molecular formula is C13H16N2OS. The van der Waals surface area contributed by atoms with Gasteiger partial charge < -0.3 is 10.6 Å². The first-order chi connectivity index (χ1) is 8.29. The maximum absolute atomic E-state index is 11.4. The van der Waals surface area contributed by atoms with Gasteiger partial charge in [-0.3, -0.25) is 4.79 Å². The number of anilines is 1. The van der Waals surface area contributed by atoms with Crippen LogP contribution in [0, 0.1) is 0 Å². The lowest BCUT2D eigenvalue weighted by atomic mass is 10.2. The summed E-state index contributed by atoms with van der Waals surface area (Å²) in [6, 6.07) is 8.24. The van der Waals surface area contributed by atoms with Crippen LogP contribution in [0.5, 0.6) is 0 Å². The van der Waals surface area contributed by atoms with Crippen molar-refractivity contribution in [2.24, 2.45) is 0 Å². The molecule has 0 bridgehead atoms. The first kappa shape index (κ1) is 11.9. The molecule has 1 amide bonds. The SMILES string of the molecule is CCCNC(=O)CNc1ccc2sccc2c1. The molecule has 0 saturated carbocycles. The Labute approximate surface area is 105 Å². The molecule has 1 aromatic carbocycles. The zero-order chi connectivity index (χ0) is 12.1. The number of rotatable bonds is 5. The monoisotopic (exact) mass is 248 g/mol. The third-order valence-corrected chi connectivity index (χ3v) is 3.38. The molecule has 17 heavy (non-hydrogen) atoms. The molecule has 0 aliphatic rings. The van der Waals surface area contributed by atoms with E-state index in [0.29, 0.717) is 6.54 Å². The molecule has 0 fully saturated rings. The Morgan fingerprint density at radius 3 is 3.06 bits per heavy atom. The second kappa shape index (κ2) is 5.68. The average molecular weight is 248 g/mol. The first-order valence-corrected chi connectivity index (χ1v) is 6.65. The zero-order valence-electron chi connectivity index (χ0n) is 9.82. The molecule has 1 heterocycles. The average Bonchev–Trinajstić information content (AvgIpc) is 2.81. The highest BCUT2D eigenvalue weighted by atomic mass is 32.1. The van der Waals surface area contributed by atoms with Crippen molar-refractivity contribution >= 4 is 33.0 Å². The van der Waals surface area contributed by atoms with Crippen LogP contribution in [-0.4, -0.2) is 19.0 Å². The zero-order valence-corrected chi connectivity index (χ0v) is 10.6. The van der Waals surface area contributed by atoms with Gasteiger partial charge in [-0.25, -0.2) is 0 Å². The molecule has 1 aromatic heterocycles. The van der Waals surface area contributed by atoms with E-state index in [2.05, 4.69) is 34.2 Å². The summed E-state index contributed by atoms with van der Waals surface area (Å²) in [6.07, 6.45) is 0.965. The van der Waals surface area contributed by atoms with Crippen LogP contribution >= 0.6 is 11.3 Å². The van der Waals surface area contributed by atoms with Crippen LogP contribution in [0.2, 0.25) is 0 Å². The Balaban J connectivity index is 1.92. The van der Waals surface area contributed by atoms with E-state index in [0.717, 1.165) is 18.7 Å². The summed E-state index contributed by atoms with van der Waals surface area (Å²) in [6.45, 7) is 3.11. The summed E-state index contributed by atoms with van der Waals surface area (Å²) in [5.74, 6) is 0.0391. The maximum atomic E-state index is 11.4. The summed E-state index contributed by atoms with van der Waals surface area (Å²) in [7, 11) is 0. The van der Waals surface area contributed by atoms with Gasteiger partial charge in [0.2, 0.25) is 5.91 Å². The lowest BCUT2D eigenvalue weighted by Crippen LogP contribution is -2.30. The number of nitrogens with one attached hydrogen (secondary N) is 2. The van der Waals surface area contributed by atoms with E-state index in [4.69, 9.17) is 0 Å². The number of carbonyl (C=O) groups excluding carboxylic acids is 1. The Kier molecular flexibility index (Phi) is 3.98. The summed E-state index contributed by atoms with van der Waals surface area (Å²) in [5.41, 5.74) is 0.988. The molecule has 90 valence electrons. The first-order valence-electron chi connectivity index (χ1n) is 5.77. The highest BCUT2D eigenvalue weighted by Gasteiger charge is 2.01. The number of amides is 1. The number of fused-ring (bicyclic) bond motifs is 1. The molecule has 0 aliphatic heterocycles. The van der Waals surface area contributed by atoms with Gasteiger partial charge in [0.1, 0.15) is 0 Å². The minimum Gasteiger partial charge on any atom is -0.376 e. The van der Waals surface area contributed by atoms with Crippen molar-refractivity contribution in [1.29, 1.82) is 0 Å². The molecule has 0 atom stereocenters. The highest BCUT2D eigenvalue weighted by Crippen LogP contribution is 2.23. The van der Waals surface area contributed by atoms with Crippen molar-refractivity contribution in [1.82, 2.24) is 5.32 Å². The van der Waals surface area contributed by atoms with Gasteiger partial charge in [0.05, 0.1) is 6.54 Å². The molecule has 0 saturated heterocycles. The van der Waals surface area contributed by atoms with Gasteiger partial charge in [0, 0.05) is 16.9 Å². The van der Waals surface area contributed by atoms with Crippen molar-refractivity contribution < 1.29 is 4.79 Å².